The van der Waals surface area contributed by atoms with E-state index >= 15 is 0 Å². The third-order valence-corrected chi connectivity index (χ3v) is 10.6. The Balaban J connectivity index is 1.45. The van der Waals surface area contributed by atoms with Crippen LogP contribution in [0.5, 0.6) is 0 Å². The number of allylic oxidation sites excluding steroid dienone is 3. The monoisotopic (exact) mass is 557 g/mol. The molecule has 206 valence electrons. The second-order valence-electron chi connectivity index (χ2n) is 11.8. The molecule has 0 saturated carbocycles. The van der Waals surface area contributed by atoms with E-state index in [1.165, 1.54) is 3.97 Å². The Morgan fingerprint density at radius 3 is 2.33 bits per heavy atom. The zero-order valence-electron chi connectivity index (χ0n) is 23.5. The summed E-state index contributed by atoms with van der Waals surface area (Å²) in [5.41, 5.74) is 3.49. The van der Waals surface area contributed by atoms with E-state index in [-0.39, 0.29) is 6.42 Å². The fraction of sp³-hybridized carbons (Fsp3) is 0.345. The number of aromatic nitrogens is 5. The fourth-order valence-electron chi connectivity index (χ4n) is 5.26. The summed E-state index contributed by atoms with van der Waals surface area (Å²) < 4.78 is 43.2. The van der Waals surface area contributed by atoms with Crippen molar-refractivity contribution >= 4 is 33.7 Å². The summed E-state index contributed by atoms with van der Waals surface area (Å²) in [4.78, 5) is 4.37. The van der Waals surface area contributed by atoms with Crippen molar-refractivity contribution in [1.29, 1.82) is 0 Å². The van der Waals surface area contributed by atoms with Gasteiger partial charge in [0.05, 0.1) is 28.8 Å². The van der Waals surface area contributed by atoms with Gasteiger partial charge in [0.2, 0.25) is 10.0 Å². The molecule has 9 nitrogen and oxygen atoms in total. The van der Waals surface area contributed by atoms with Crippen LogP contribution in [0.15, 0.2) is 78.7 Å². The summed E-state index contributed by atoms with van der Waals surface area (Å²) in [5, 5.41) is 8.88. The molecule has 11 heteroatoms. The summed E-state index contributed by atoms with van der Waals surface area (Å²) in [6, 6.07) is 13.3. The molecule has 1 atom stereocenters. The zero-order valence-corrected chi connectivity index (χ0v) is 24.3. The van der Waals surface area contributed by atoms with Crippen molar-refractivity contribution in [2.24, 2.45) is 0 Å². The molecule has 1 aliphatic heterocycles. The van der Waals surface area contributed by atoms with Crippen LogP contribution in [0.4, 0.5) is 0 Å². The van der Waals surface area contributed by atoms with Crippen LogP contribution in [0.1, 0.15) is 52.3 Å². The van der Waals surface area contributed by atoms with Crippen LogP contribution < -0.4 is 0 Å². The third kappa shape index (κ3) is 4.15. The van der Waals surface area contributed by atoms with Gasteiger partial charge in [-0.05, 0) is 94.9 Å². The molecule has 6 rings (SSSR count). The first-order valence-corrected chi connectivity index (χ1v) is 14.7. The molecular weight excluding hydrogens is 525 g/mol. The van der Waals surface area contributed by atoms with Gasteiger partial charge in [-0.1, -0.05) is 29.5 Å². The second kappa shape index (κ2) is 8.99. The van der Waals surface area contributed by atoms with Crippen LogP contribution in [0.2, 0.25) is 0 Å². The third-order valence-electron chi connectivity index (χ3n) is 8.35. The Bertz CT molecular complexity index is 1770. The standard InChI is InChI=1S/C29H32BN5O4S/c1-20-19-32-33-35(20)25-11-9-21(10-12-25)23-16-24(30-38-27(2,3)28(4,5)39-30)18-29(6,17-23)40(36,37)34-15-13-22-8-7-14-31-26(22)34/h7-16,18-19H,17H2,1-6H3. The number of hydrogen-bond acceptors (Lipinski definition) is 7. The zero-order chi connectivity index (χ0) is 28.5. The molecule has 2 aliphatic rings. The summed E-state index contributed by atoms with van der Waals surface area (Å²) in [5.74, 6) is 0. The van der Waals surface area contributed by atoms with Gasteiger partial charge in [0, 0.05) is 17.8 Å². The molecule has 3 aromatic heterocycles. The van der Waals surface area contributed by atoms with Gasteiger partial charge in [-0.25, -0.2) is 22.1 Å². The highest BCUT2D eigenvalue weighted by Crippen LogP contribution is 2.44. The minimum Gasteiger partial charge on any atom is -0.399 e. The molecular formula is C29H32BN5O4S. The molecule has 1 saturated heterocycles. The van der Waals surface area contributed by atoms with Crippen LogP contribution in [0.3, 0.4) is 0 Å². The molecule has 1 aliphatic carbocycles. The maximum absolute atomic E-state index is 14.4. The maximum atomic E-state index is 14.4. The Hall–Kier alpha value is -3.54. The predicted octanol–water partition coefficient (Wildman–Crippen LogP) is 4.91. The topological polar surface area (TPSA) is 101 Å². The molecule has 0 radical (unpaired) electrons. The van der Waals surface area contributed by atoms with Crippen molar-refractivity contribution < 1.29 is 17.7 Å². The lowest BCUT2D eigenvalue weighted by Gasteiger charge is -2.32. The van der Waals surface area contributed by atoms with Crippen molar-refractivity contribution in [3.8, 4) is 5.69 Å². The van der Waals surface area contributed by atoms with Gasteiger partial charge < -0.3 is 9.31 Å². The Labute approximate surface area is 234 Å². The van der Waals surface area contributed by atoms with Crippen molar-refractivity contribution in [2.45, 2.75) is 63.9 Å². The first kappa shape index (κ1) is 26.7. The van der Waals surface area contributed by atoms with E-state index in [1.54, 1.807) is 48.4 Å². The van der Waals surface area contributed by atoms with Crippen LogP contribution in [0, 0.1) is 6.92 Å². The minimum atomic E-state index is -3.95. The normalized spacial score (nSPS) is 22.4. The smallest absolute Gasteiger partial charge is 0.399 e. The van der Waals surface area contributed by atoms with Crippen LogP contribution in [0.25, 0.3) is 22.3 Å². The van der Waals surface area contributed by atoms with Gasteiger partial charge in [0.25, 0.3) is 0 Å². The van der Waals surface area contributed by atoms with Crippen molar-refractivity contribution in [3.63, 3.8) is 0 Å². The molecule has 0 N–H and O–H groups in total. The lowest BCUT2D eigenvalue weighted by Crippen LogP contribution is -2.41. The van der Waals surface area contributed by atoms with E-state index < -0.39 is 33.1 Å². The van der Waals surface area contributed by atoms with E-state index in [0.717, 1.165) is 27.9 Å². The molecule has 1 aromatic carbocycles. The number of aryl methyl sites for hydroxylation is 1. The number of fused-ring (bicyclic) bond motifs is 1. The average molecular weight is 557 g/mol. The SMILES string of the molecule is Cc1cnnn1-c1ccc(C2=CC(B3OC(C)(C)C(C)(C)O3)=CC(C)(S(=O)(=O)n3ccc4cccnc43)C2)cc1. The van der Waals surface area contributed by atoms with E-state index in [2.05, 4.69) is 15.3 Å². The average Bonchev–Trinajstić information content (AvgIpc) is 3.59. The summed E-state index contributed by atoms with van der Waals surface area (Å²) >= 11 is 0. The second-order valence-corrected chi connectivity index (χ2v) is 14.0. The van der Waals surface area contributed by atoms with Gasteiger partial charge in [0.15, 0.2) is 5.65 Å². The summed E-state index contributed by atoms with van der Waals surface area (Å²) in [7, 11) is -4.67. The largest absolute Gasteiger partial charge is 0.494 e. The van der Waals surface area contributed by atoms with E-state index in [1.807, 2.05) is 71.0 Å². The molecule has 1 fully saturated rings. The highest BCUT2D eigenvalue weighted by molar-refractivity contribution is 7.91. The Morgan fingerprint density at radius 2 is 1.68 bits per heavy atom. The van der Waals surface area contributed by atoms with Crippen LogP contribution >= 0.6 is 0 Å². The van der Waals surface area contributed by atoms with Crippen LogP contribution in [-0.2, 0) is 19.3 Å². The van der Waals surface area contributed by atoms with Crippen LogP contribution in [-0.4, -0.2) is 55.4 Å². The lowest BCUT2D eigenvalue weighted by atomic mass is 9.71. The minimum absolute atomic E-state index is 0.256. The number of rotatable bonds is 5. The van der Waals surface area contributed by atoms with E-state index in [9.17, 15) is 8.42 Å². The predicted molar refractivity (Wildman–Crippen MR) is 155 cm³/mol. The summed E-state index contributed by atoms with van der Waals surface area (Å²) in [6.07, 6.45) is 8.93. The lowest BCUT2D eigenvalue weighted by molar-refractivity contribution is 0.00578. The molecule has 0 amide bonds. The van der Waals surface area contributed by atoms with Gasteiger partial charge in [-0.3, -0.25) is 0 Å². The van der Waals surface area contributed by atoms with E-state index in [4.69, 9.17) is 9.31 Å². The molecule has 40 heavy (non-hydrogen) atoms. The number of hydrogen-bond donors (Lipinski definition) is 0. The van der Waals surface area contributed by atoms with Gasteiger partial charge in [-0.15, -0.1) is 5.10 Å². The maximum Gasteiger partial charge on any atom is 0.494 e. The highest BCUT2D eigenvalue weighted by atomic mass is 32.2. The van der Waals surface area contributed by atoms with Gasteiger partial charge in [0.1, 0.15) is 4.75 Å². The van der Waals surface area contributed by atoms with E-state index in [0.29, 0.717) is 11.1 Å². The number of pyridine rings is 1. The van der Waals surface area contributed by atoms with Gasteiger partial charge in [-0.2, -0.15) is 0 Å². The van der Waals surface area contributed by atoms with Gasteiger partial charge >= 0.3 is 7.12 Å². The molecule has 0 spiro atoms. The quantitative estimate of drug-likeness (QED) is 0.322. The first-order chi connectivity index (χ1) is 18.8. The Morgan fingerprint density at radius 1 is 0.975 bits per heavy atom. The highest BCUT2D eigenvalue weighted by Gasteiger charge is 2.54. The first-order valence-electron chi connectivity index (χ1n) is 13.3. The number of benzene rings is 1. The molecule has 0 bridgehead atoms. The number of nitrogens with zero attached hydrogens (tertiary/aromatic N) is 5. The van der Waals surface area contributed by atoms with Crippen molar-refractivity contribution in [3.05, 3.63) is 89.9 Å². The summed E-state index contributed by atoms with van der Waals surface area (Å²) in [6.45, 7) is 11.6. The molecule has 1 unspecified atom stereocenters. The Kier molecular flexibility index (Phi) is 5.99. The van der Waals surface area contributed by atoms with Crippen molar-refractivity contribution in [1.82, 2.24) is 24.0 Å². The fourth-order valence-corrected chi connectivity index (χ4v) is 6.93. The molecule has 4 aromatic rings. The molecule has 4 heterocycles. The van der Waals surface area contributed by atoms with Crippen molar-refractivity contribution in [2.75, 3.05) is 0 Å².